The smallest absolute Gasteiger partial charge is 0.194 e. The SMILES string of the molecule is OCC1OC(Sc2cc(Cl)c(Cl)c(Cl)c2)C(O)C(n2cc(-c3cc(F)c(F)c(F)c3)nn2)C1O. The largest absolute Gasteiger partial charge is 0.394 e. The van der Waals surface area contributed by atoms with Gasteiger partial charge in [-0.3, -0.25) is 0 Å². The third-order valence-corrected chi connectivity index (χ3v) is 7.48. The molecule has 2 heterocycles. The average molecular weight is 557 g/mol. The van der Waals surface area contributed by atoms with Crippen LogP contribution in [0.5, 0.6) is 0 Å². The topological polar surface area (TPSA) is 101 Å². The van der Waals surface area contributed by atoms with E-state index < -0.39 is 53.8 Å². The molecule has 1 aliphatic rings. The fraction of sp³-hybridized carbons (Fsp3) is 0.300. The van der Waals surface area contributed by atoms with Crippen LogP contribution in [0, 0.1) is 17.5 Å². The van der Waals surface area contributed by atoms with E-state index in [-0.39, 0.29) is 26.3 Å². The fourth-order valence-corrected chi connectivity index (χ4v) is 5.33. The van der Waals surface area contributed by atoms with Gasteiger partial charge in [-0.1, -0.05) is 51.8 Å². The van der Waals surface area contributed by atoms with Crippen molar-refractivity contribution in [2.45, 2.75) is 34.7 Å². The van der Waals surface area contributed by atoms with Crippen molar-refractivity contribution in [3.63, 3.8) is 0 Å². The number of nitrogens with zero attached hydrogens (tertiary/aromatic N) is 3. The molecule has 5 atom stereocenters. The van der Waals surface area contributed by atoms with Crippen molar-refractivity contribution in [1.82, 2.24) is 15.0 Å². The Labute approximate surface area is 210 Å². The lowest BCUT2D eigenvalue weighted by molar-refractivity contribution is -0.178. The first-order chi connectivity index (χ1) is 16.1. The van der Waals surface area contributed by atoms with Gasteiger partial charge in [-0.15, -0.1) is 5.10 Å². The Morgan fingerprint density at radius 3 is 2.21 bits per heavy atom. The molecule has 3 N–H and O–H groups in total. The molecule has 7 nitrogen and oxygen atoms in total. The number of thioether (sulfide) groups is 1. The molecule has 0 spiro atoms. The molecule has 0 radical (unpaired) electrons. The number of benzene rings is 2. The van der Waals surface area contributed by atoms with Gasteiger partial charge < -0.3 is 20.1 Å². The van der Waals surface area contributed by atoms with Crippen LogP contribution in [0.1, 0.15) is 6.04 Å². The van der Waals surface area contributed by atoms with Gasteiger partial charge in [-0.05, 0) is 24.3 Å². The molecule has 1 saturated heterocycles. The summed E-state index contributed by atoms with van der Waals surface area (Å²) in [6.45, 7) is -0.584. The Kier molecular flexibility index (Phi) is 7.65. The van der Waals surface area contributed by atoms with Crippen molar-refractivity contribution in [1.29, 1.82) is 0 Å². The molecule has 2 aromatic carbocycles. The van der Waals surface area contributed by atoms with Crippen molar-refractivity contribution in [3.8, 4) is 11.3 Å². The highest BCUT2D eigenvalue weighted by molar-refractivity contribution is 7.99. The standard InChI is InChI=1S/C20H15Cl3F3N3O4S/c21-9-3-8(4-10(22)15(9)23)34-20-19(32)17(18(31)14(6-30)33-20)29-5-13(27-28-29)7-1-11(24)16(26)12(25)2-7/h1-5,14,17-20,30-32H,6H2. The maximum atomic E-state index is 13.6. The van der Waals surface area contributed by atoms with Crippen LogP contribution < -0.4 is 0 Å². The Balaban J connectivity index is 1.64. The Morgan fingerprint density at radius 1 is 1.00 bits per heavy atom. The summed E-state index contributed by atoms with van der Waals surface area (Å²) < 4.78 is 47.3. The molecular formula is C20H15Cl3F3N3O4S. The second-order valence-corrected chi connectivity index (χ2v) is 9.72. The molecule has 3 aromatic rings. The van der Waals surface area contributed by atoms with Crippen molar-refractivity contribution in [2.75, 3.05) is 6.61 Å². The lowest BCUT2D eigenvalue weighted by atomic mass is 9.97. The molecule has 1 aliphatic heterocycles. The summed E-state index contributed by atoms with van der Waals surface area (Å²) in [5.41, 5.74) is -1.16. The van der Waals surface area contributed by atoms with E-state index in [1.807, 2.05) is 0 Å². The normalized spacial score (nSPS) is 25.0. The predicted molar refractivity (Wildman–Crippen MR) is 119 cm³/mol. The minimum atomic E-state index is -1.63. The van der Waals surface area contributed by atoms with Crippen LogP contribution in [0.2, 0.25) is 15.1 Å². The minimum absolute atomic E-state index is 0.0373. The highest BCUT2D eigenvalue weighted by Crippen LogP contribution is 2.41. The van der Waals surface area contributed by atoms with Crippen molar-refractivity contribution in [3.05, 3.63) is 63.0 Å². The molecule has 14 heteroatoms. The van der Waals surface area contributed by atoms with Crippen LogP contribution in [0.15, 0.2) is 35.4 Å². The zero-order valence-electron chi connectivity index (χ0n) is 16.7. The zero-order chi connectivity index (χ0) is 24.7. The number of hydrogen-bond acceptors (Lipinski definition) is 7. The van der Waals surface area contributed by atoms with Crippen LogP contribution in [0.3, 0.4) is 0 Å². The summed E-state index contributed by atoms with van der Waals surface area (Å²) in [6.07, 6.45) is -2.71. The van der Waals surface area contributed by atoms with E-state index in [1.54, 1.807) is 0 Å². The van der Waals surface area contributed by atoms with Crippen LogP contribution in [-0.2, 0) is 4.74 Å². The molecule has 0 amide bonds. The zero-order valence-corrected chi connectivity index (χ0v) is 19.8. The van der Waals surface area contributed by atoms with E-state index in [2.05, 4.69) is 10.3 Å². The molecule has 182 valence electrons. The summed E-state index contributed by atoms with van der Waals surface area (Å²) in [6, 6.07) is 3.34. The Morgan fingerprint density at radius 2 is 1.62 bits per heavy atom. The van der Waals surface area contributed by atoms with Crippen LogP contribution in [-0.4, -0.2) is 60.7 Å². The second-order valence-electron chi connectivity index (χ2n) is 7.35. The highest BCUT2D eigenvalue weighted by atomic mass is 35.5. The van der Waals surface area contributed by atoms with Gasteiger partial charge in [0.25, 0.3) is 0 Å². The lowest BCUT2D eigenvalue weighted by Crippen LogP contribution is -2.55. The van der Waals surface area contributed by atoms with Gasteiger partial charge in [0, 0.05) is 10.5 Å². The van der Waals surface area contributed by atoms with E-state index in [0.717, 1.165) is 28.6 Å². The van der Waals surface area contributed by atoms with Crippen molar-refractivity contribution in [2.24, 2.45) is 0 Å². The molecule has 0 aliphatic carbocycles. The summed E-state index contributed by atoms with van der Waals surface area (Å²) in [5.74, 6) is -4.44. The average Bonchev–Trinajstić information content (AvgIpc) is 3.27. The summed E-state index contributed by atoms with van der Waals surface area (Å²) in [7, 11) is 0. The first kappa shape index (κ1) is 25.5. The maximum absolute atomic E-state index is 13.6. The molecule has 0 bridgehead atoms. The molecule has 4 rings (SSSR count). The quantitative estimate of drug-likeness (QED) is 0.407. The number of hydrogen-bond donors (Lipinski definition) is 3. The third-order valence-electron chi connectivity index (χ3n) is 5.15. The molecular weight excluding hydrogens is 542 g/mol. The molecule has 34 heavy (non-hydrogen) atoms. The molecule has 1 fully saturated rings. The van der Waals surface area contributed by atoms with Gasteiger partial charge >= 0.3 is 0 Å². The lowest BCUT2D eigenvalue weighted by Gasteiger charge is -2.41. The molecule has 5 unspecified atom stereocenters. The van der Waals surface area contributed by atoms with E-state index in [1.165, 1.54) is 18.3 Å². The number of aliphatic hydroxyl groups excluding tert-OH is 3. The van der Waals surface area contributed by atoms with Crippen LogP contribution >= 0.6 is 46.6 Å². The van der Waals surface area contributed by atoms with Crippen LogP contribution in [0.4, 0.5) is 13.2 Å². The second kappa shape index (κ2) is 10.2. The first-order valence-electron chi connectivity index (χ1n) is 9.61. The van der Waals surface area contributed by atoms with Gasteiger partial charge in [0.1, 0.15) is 35.5 Å². The number of aliphatic hydroxyl groups is 3. The van der Waals surface area contributed by atoms with Gasteiger partial charge in [0.15, 0.2) is 17.5 Å². The maximum Gasteiger partial charge on any atom is 0.194 e. The Hall–Kier alpha value is -1.57. The number of rotatable bonds is 5. The van der Waals surface area contributed by atoms with E-state index >= 15 is 0 Å². The van der Waals surface area contributed by atoms with Gasteiger partial charge in [0.05, 0.1) is 27.9 Å². The van der Waals surface area contributed by atoms with Gasteiger partial charge in [-0.2, -0.15) is 0 Å². The monoisotopic (exact) mass is 555 g/mol. The van der Waals surface area contributed by atoms with Crippen molar-refractivity contribution < 1.29 is 33.2 Å². The highest BCUT2D eigenvalue weighted by Gasteiger charge is 2.46. The van der Waals surface area contributed by atoms with E-state index in [0.29, 0.717) is 4.90 Å². The number of ether oxygens (including phenoxy) is 1. The summed E-state index contributed by atoms with van der Waals surface area (Å²) in [4.78, 5) is 0.492. The number of aromatic nitrogens is 3. The first-order valence-corrected chi connectivity index (χ1v) is 11.6. The predicted octanol–water partition coefficient (Wildman–Crippen LogP) is 4.10. The Bertz CT molecular complexity index is 1170. The fourth-order valence-electron chi connectivity index (χ4n) is 3.47. The molecule has 1 aromatic heterocycles. The number of halogens is 6. The third kappa shape index (κ3) is 4.89. The van der Waals surface area contributed by atoms with Crippen LogP contribution in [0.25, 0.3) is 11.3 Å². The van der Waals surface area contributed by atoms with Gasteiger partial charge in [-0.25, -0.2) is 17.9 Å². The summed E-state index contributed by atoms with van der Waals surface area (Å²) >= 11 is 19.1. The van der Waals surface area contributed by atoms with Gasteiger partial charge in [0.2, 0.25) is 0 Å². The van der Waals surface area contributed by atoms with E-state index in [4.69, 9.17) is 39.5 Å². The minimum Gasteiger partial charge on any atom is -0.394 e. The van der Waals surface area contributed by atoms with E-state index in [9.17, 15) is 28.5 Å². The summed E-state index contributed by atoms with van der Waals surface area (Å²) in [5, 5.41) is 39.5. The molecule has 0 saturated carbocycles. The van der Waals surface area contributed by atoms with Crippen molar-refractivity contribution >= 4 is 46.6 Å².